The molecule has 0 aliphatic carbocycles. The normalized spacial score (nSPS) is 20.7. The average Bonchev–Trinajstić information content (AvgIpc) is 3.63. The number of nitrogens with one attached hydrogen (secondary N) is 1. The van der Waals surface area contributed by atoms with E-state index >= 15 is 0 Å². The number of fused-ring (bicyclic) bond motifs is 1. The van der Waals surface area contributed by atoms with Crippen LogP contribution in [-0.4, -0.2) is 79.5 Å². The molecule has 1 aromatic heterocycles. The zero-order valence-corrected chi connectivity index (χ0v) is 30.7. The summed E-state index contributed by atoms with van der Waals surface area (Å²) in [4.78, 5) is 33.3. The molecule has 0 spiro atoms. The van der Waals surface area contributed by atoms with Crippen molar-refractivity contribution in [2.75, 3.05) is 72.8 Å². The highest BCUT2D eigenvalue weighted by atomic mass is 19.1. The second-order valence-electron chi connectivity index (χ2n) is 15.4. The highest BCUT2D eigenvalue weighted by Crippen LogP contribution is 2.37. The van der Waals surface area contributed by atoms with Crippen LogP contribution >= 0.6 is 0 Å². The molecule has 4 fully saturated rings. The standard InChI is InChI=1S/C42H48FN9O2/c43-34-10-11-38(41(46)40(34)35(45)25-44)50-18-2-3-30(27-50)29-6-8-31(9-7-29)49-21-12-28(13-22-49)26-48-19-14-32(15-20-48)51-23-16-33-36(51)4-1-5-37(33)52-24-17-39(53)47-42(52)54/h1,4-11,16,23,28,30,32,45H,2-3,12-15,17-22,24,26-27,46H2,(H,47,53,54)/p+1/t30-/m1/s1. The molecule has 4 aliphatic heterocycles. The number of aromatic nitrogens is 1. The second-order valence-corrected chi connectivity index (χ2v) is 15.4. The Kier molecular flexibility index (Phi) is 9.99. The summed E-state index contributed by atoms with van der Waals surface area (Å²) in [6, 6.07) is 22.3. The number of rotatable bonds is 8. The van der Waals surface area contributed by atoms with Gasteiger partial charge >= 0.3 is 6.03 Å². The predicted molar refractivity (Wildman–Crippen MR) is 210 cm³/mol. The number of nitrogen functional groups attached to an aromatic ring is 1. The fourth-order valence-electron chi connectivity index (χ4n) is 9.25. The third-order valence-corrected chi connectivity index (χ3v) is 12.2. The van der Waals surface area contributed by atoms with Gasteiger partial charge in [0, 0.05) is 88.0 Å². The van der Waals surface area contributed by atoms with E-state index in [9.17, 15) is 19.2 Å². The van der Waals surface area contributed by atoms with Gasteiger partial charge in [-0.05, 0) is 92.5 Å². The van der Waals surface area contributed by atoms with E-state index in [1.807, 2.05) is 18.2 Å². The Balaban J connectivity index is 0.821. The number of carbonyl (C=O) groups excluding carboxylic acids is 2. The molecule has 0 saturated carbocycles. The van der Waals surface area contributed by atoms with Crippen LogP contribution in [0.3, 0.4) is 0 Å². The number of likely N-dealkylation sites (tertiary alicyclic amines) is 1. The first-order chi connectivity index (χ1) is 26.3. The number of carbonyl (C=O) groups is 2. The molecule has 3 amide bonds. The maximum atomic E-state index is 14.5. The largest absolute Gasteiger partial charge is 0.396 e. The van der Waals surface area contributed by atoms with Crippen molar-refractivity contribution in [1.29, 1.82) is 5.26 Å². The Labute approximate surface area is 315 Å². The number of nitrogens with zero attached hydrogens (tertiary/aromatic N) is 6. The van der Waals surface area contributed by atoms with E-state index in [1.165, 1.54) is 30.2 Å². The third-order valence-electron chi connectivity index (χ3n) is 12.2. The number of hydrogen-bond donors (Lipinski definition) is 3. The number of piperidine rings is 3. The Morgan fingerprint density at radius 1 is 0.889 bits per heavy atom. The van der Waals surface area contributed by atoms with Crippen LogP contribution in [0, 0.1) is 23.1 Å². The van der Waals surface area contributed by atoms with Crippen LogP contribution in [0.15, 0.2) is 66.9 Å². The molecule has 0 bridgehead atoms. The molecular weight excluding hydrogens is 682 g/mol. The zero-order valence-electron chi connectivity index (χ0n) is 30.7. The number of benzene rings is 3. The molecule has 0 unspecified atom stereocenters. The van der Waals surface area contributed by atoms with Crippen molar-refractivity contribution in [1.82, 2.24) is 14.8 Å². The molecular formula is C42H49FN9O2+. The van der Waals surface area contributed by atoms with Gasteiger partial charge in [-0.3, -0.25) is 15.0 Å². The van der Waals surface area contributed by atoms with Crippen LogP contribution in [0.1, 0.15) is 68.0 Å². The molecule has 5 heterocycles. The van der Waals surface area contributed by atoms with Gasteiger partial charge in [0.2, 0.25) is 5.91 Å². The fraction of sp³-hybridized carbons (Fsp3) is 0.429. The van der Waals surface area contributed by atoms with Gasteiger partial charge in [0.25, 0.3) is 5.71 Å². The molecule has 11 nitrogen and oxygen atoms in total. The van der Waals surface area contributed by atoms with E-state index in [1.54, 1.807) is 11.0 Å². The van der Waals surface area contributed by atoms with Gasteiger partial charge in [0.05, 0.1) is 22.6 Å². The molecule has 8 rings (SSSR count). The van der Waals surface area contributed by atoms with E-state index in [4.69, 9.17) is 11.1 Å². The smallest absolute Gasteiger partial charge is 0.328 e. The molecule has 12 heteroatoms. The highest BCUT2D eigenvalue weighted by Gasteiger charge is 2.30. The molecule has 0 radical (unpaired) electrons. The van der Waals surface area contributed by atoms with Gasteiger partial charge < -0.3 is 25.0 Å². The molecule has 1 atom stereocenters. The number of anilines is 4. The molecule has 5 N–H and O–H groups in total. The summed E-state index contributed by atoms with van der Waals surface area (Å²) >= 11 is 0. The van der Waals surface area contributed by atoms with E-state index in [0.29, 0.717) is 30.8 Å². The monoisotopic (exact) mass is 730 g/mol. The first-order valence-corrected chi connectivity index (χ1v) is 19.4. The maximum absolute atomic E-state index is 14.5. The molecule has 54 heavy (non-hydrogen) atoms. The summed E-state index contributed by atoms with van der Waals surface area (Å²) < 4.78 is 16.9. The van der Waals surface area contributed by atoms with Gasteiger partial charge in [-0.1, -0.05) is 18.2 Å². The fourth-order valence-corrected chi connectivity index (χ4v) is 9.25. The molecule has 4 aliphatic rings. The first-order valence-electron chi connectivity index (χ1n) is 19.4. The minimum atomic E-state index is -0.574. The lowest BCUT2D eigenvalue weighted by molar-refractivity contribution is -0.120. The Bertz CT molecular complexity index is 2090. The Morgan fingerprint density at radius 3 is 2.41 bits per heavy atom. The summed E-state index contributed by atoms with van der Waals surface area (Å²) in [6.45, 7) is 7.44. The quantitative estimate of drug-likeness (QED) is 0.175. The molecule has 3 aromatic carbocycles. The lowest BCUT2D eigenvalue weighted by atomic mass is 9.89. The average molecular weight is 731 g/mol. The summed E-state index contributed by atoms with van der Waals surface area (Å²) in [5.41, 5.74) is 11.7. The minimum Gasteiger partial charge on any atom is -0.396 e. The van der Waals surface area contributed by atoms with Crippen LogP contribution in [0.5, 0.6) is 0 Å². The number of urea groups is 1. The van der Waals surface area contributed by atoms with Crippen LogP contribution in [-0.2, 0) is 4.79 Å². The van der Waals surface area contributed by atoms with Crippen molar-refractivity contribution in [3.63, 3.8) is 0 Å². The summed E-state index contributed by atoms with van der Waals surface area (Å²) in [5.74, 6) is 0.237. The van der Waals surface area contributed by atoms with Gasteiger partial charge in [-0.25, -0.2) is 14.6 Å². The van der Waals surface area contributed by atoms with Crippen molar-refractivity contribution in [3.05, 3.63) is 83.8 Å². The van der Waals surface area contributed by atoms with Crippen molar-refractivity contribution in [3.8, 4) is 6.07 Å². The van der Waals surface area contributed by atoms with Crippen molar-refractivity contribution >= 4 is 51.3 Å². The van der Waals surface area contributed by atoms with Gasteiger partial charge in [-0.2, -0.15) is 5.26 Å². The highest BCUT2D eigenvalue weighted by molar-refractivity contribution is 6.12. The first kappa shape index (κ1) is 35.6. The SMILES string of the molecule is N#CC(=[NH2+])c1c(F)ccc(N2CCC[C@@H](c3ccc(N4CCC(CN5CCC(n6ccc7c(N8CCC(=O)NC8=O)cccc76)CC5)CC4)cc3)C2)c1N. The third kappa shape index (κ3) is 7.00. The number of halogens is 1. The molecule has 4 saturated heterocycles. The van der Waals surface area contributed by atoms with Crippen molar-refractivity contribution in [2.24, 2.45) is 5.92 Å². The minimum absolute atomic E-state index is 0.0000974. The van der Waals surface area contributed by atoms with Crippen LogP contribution in [0.25, 0.3) is 10.9 Å². The van der Waals surface area contributed by atoms with Gasteiger partial charge in [0.15, 0.2) is 6.07 Å². The van der Waals surface area contributed by atoms with E-state index in [0.717, 1.165) is 93.8 Å². The Morgan fingerprint density at radius 2 is 1.67 bits per heavy atom. The van der Waals surface area contributed by atoms with Gasteiger partial charge in [-0.15, -0.1) is 0 Å². The summed E-state index contributed by atoms with van der Waals surface area (Å²) in [7, 11) is 0. The van der Waals surface area contributed by atoms with Crippen molar-refractivity contribution < 1.29 is 19.4 Å². The summed E-state index contributed by atoms with van der Waals surface area (Å²) in [5, 5.41) is 18.6. The van der Waals surface area contributed by atoms with E-state index < -0.39 is 5.82 Å². The van der Waals surface area contributed by atoms with Crippen molar-refractivity contribution in [2.45, 2.75) is 56.9 Å². The number of hydrogen-bond acceptors (Lipinski definition) is 7. The number of imide groups is 1. The number of amides is 3. The maximum Gasteiger partial charge on any atom is 0.328 e. The predicted octanol–water partition coefficient (Wildman–Crippen LogP) is 4.82. The van der Waals surface area contributed by atoms with Crippen LogP contribution in [0.4, 0.5) is 31.9 Å². The van der Waals surface area contributed by atoms with Gasteiger partial charge in [0.1, 0.15) is 11.4 Å². The van der Waals surface area contributed by atoms with Crippen LogP contribution < -0.4 is 31.2 Å². The van der Waals surface area contributed by atoms with Crippen LogP contribution in [0.2, 0.25) is 0 Å². The van der Waals surface area contributed by atoms with E-state index in [2.05, 4.69) is 67.2 Å². The number of nitriles is 1. The topological polar surface area (TPSA) is 139 Å². The second kappa shape index (κ2) is 15.1. The van der Waals surface area contributed by atoms with E-state index in [-0.39, 0.29) is 28.9 Å². The lowest BCUT2D eigenvalue weighted by Gasteiger charge is -2.39. The number of nitrogens with two attached hydrogens (primary N) is 2. The molecule has 280 valence electrons. The summed E-state index contributed by atoms with van der Waals surface area (Å²) in [6.07, 6.45) is 9.13. The Hall–Kier alpha value is -5.41. The molecule has 4 aromatic rings. The zero-order chi connectivity index (χ0) is 37.3. The lowest BCUT2D eigenvalue weighted by Crippen LogP contribution is -2.49.